The van der Waals surface area contributed by atoms with Gasteiger partial charge in [-0.25, -0.2) is 8.42 Å². The number of sulfonamides is 1. The average Bonchev–Trinajstić information content (AvgIpc) is 2.46. The van der Waals surface area contributed by atoms with E-state index in [1.165, 1.54) is 23.5 Å². The number of nitro benzene ring substituents is 1. The van der Waals surface area contributed by atoms with E-state index < -0.39 is 14.9 Å². The van der Waals surface area contributed by atoms with Crippen molar-refractivity contribution in [2.45, 2.75) is 30.7 Å². The molecule has 1 N–H and O–H groups in total. The highest BCUT2D eigenvalue weighted by molar-refractivity contribution is 7.89. The fourth-order valence-corrected chi connectivity index (χ4v) is 4.40. The van der Waals surface area contributed by atoms with Gasteiger partial charge in [0.1, 0.15) is 0 Å². The van der Waals surface area contributed by atoms with Crippen molar-refractivity contribution in [3.63, 3.8) is 0 Å². The van der Waals surface area contributed by atoms with Gasteiger partial charge in [-0.15, -0.1) is 12.4 Å². The average molecular weight is 350 g/mol. The molecule has 1 heterocycles. The van der Waals surface area contributed by atoms with Gasteiger partial charge in [-0.2, -0.15) is 4.31 Å². The predicted molar refractivity (Wildman–Crippen MR) is 85.9 cm³/mol. The highest BCUT2D eigenvalue weighted by atomic mass is 35.5. The summed E-state index contributed by atoms with van der Waals surface area (Å²) in [5, 5.41) is 14.3. The van der Waals surface area contributed by atoms with Gasteiger partial charge in [0, 0.05) is 19.2 Å². The monoisotopic (exact) mass is 349 g/mol. The SMILES string of the molecule is Cc1cccc([N+](=O)[O-])c1S(=O)(=O)N(C)C1CCNCC1.Cl. The number of nitrogens with zero attached hydrogens (tertiary/aromatic N) is 2. The lowest BCUT2D eigenvalue weighted by Crippen LogP contribution is -2.44. The molecule has 22 heavy (non-hydrogen) atoms. The summed E-state index contributed by atoms with van der Waals surface area (Å²) in [4.78, 5) is 10.3. The Hall–Kier alpha value is -1.22. The first-order chi connectivity index (χ1) is 9.85. The summed E-state index contributed by atoms with van der Waals surface area (Å²) < 4.78 is 26.8. The number of hydrogen-bond acceptors (Lipinski definition) is 5. The lowest BCUT2D eigenvalue weighted by Gasteiger charge is -2.31. The Morgan fingerprint density at radius 2 is 1.91 bits per heavy atom. The third-order valence-electron chi connectivity index (χ3n) is 3.85. The van der Waals surface area contributed by atoms with E-state index in [0.717, 1.165) is 13.1 Å². The molecular weight excluding hydrogens is 330 g/mol. The Balaban J connectivity index is 0.00000242. The Bertz CT molecular complexity index is 645. The zero-order valence-corrected chi connectivity index (χ0v) is 14.1. The van der Waals surface area contributed by atoms with Gasteiger partial charge < -0.3 is 5.32 Å². The normalized spacial score (nSPS) is 16.3. The molecule has 0 amide bonds. The number of halogens is 1. The summed E-state index contributed by atoms with van der Waals surface area (Å²) in [5.41, 5.74) is 0.0285. The summed E-state index contributed by atoms with van der Waals surface area (Å²) in [6, 6.07) is 4.18. The predicted octanol–water partition coefficient (Wildman–Crippen LogP) is 1.70. The van der Waals surface area contributed by atoms with E-state index in [0.29, 0.717) is 18.4 Å². The largest absolute Gasteiger partial charge is 0.317 e. The summed E-state index contributed by atoms with van der Waals surface area (Å²) in [6.07, 6.45) is 1.41. The third kappa shape index (κ3) is 3.57. The number of nitrogens with one attached hydrogen (secondary N) is 1. The summed E-state index contributed by atoms with van der Waals surface area (Å²) in [5.74, 6) is 0. The molecule has 7 nitrogen and oxygen atoms in total. The van der Waals surface area contributed by atoms with Crippen LogP contribution in [0.25, 0.3) is 0 Å². The van der Waals surface area contributed by atoms with Crippen molar-refractivity contribution in [1.29, 1.82) is 0 Å². The van der Waals surface area contributed by atoms with Gasteiger partial charge in [0.25, 0.3) is 5.69 Å². The van der Waals surface area contributed by atoms with Gasteiger partial charge in [0.15, 0.2) is 4.90 Å². The van der Waals surface area contributed by atoms with E-state index in [-0.39, 0.29) is 29.0 Å². The van der Waals surface area contributed by atoms with Gasteiger partial charge in [-0.3, -0.25) is 10.1 Å². The molecule has 0 aliphatic carbocycles. The van der Waals surface area contributed by atoms with Crippen LogP contribution in [-0.2, 0) is 10.0 Å². The zero-order chi connectivity index (χ0) is 15.6. The first kappa shape index (κ1) is 18.8. The number of rotatable bonds is 4. The first-order valence-electron chi connectivity index (χ1n) is 6.78. The van der Waals surface area contributed by atoms with E-state index in [1.807, 2.05) is 0 Å². The minimum atomic E-state index is -3.88. The van der Waals surface area contributed by atoms with Crippen LogP contribution in [-0.4, -0.2) is 43.8 Å². The molecule has 0 spiro atoms. The van der Waals surface area contributed by atoms with Crippen molar-refractivity contribution in [2.75, 3.05) is 20.1 Å². The van der Waals surface area contributed by atoms with Crippen LogP contribution in [0.4, 0.5) is 5.69 Å². The van der Waals surface area contributed by atoms with Gasteiger partial charge in [0.2, 0.25) is 10.0 Å². The maximum atomic E-state index is 12.8. The molecule has 0 bridgehead atoms. The molecule has 0 unspecified atom stereocenters. The van der Waals surface area contributed by atoms with Crippen molar-refractivity contribution < 1.29 is 13.3 Å². The minimum absolute atomic E-state index is 0. The Kier molecular flexibility index (Phi) is 6.30. The van der Waals surface area contributed by atoms with Crippen molar-refractivity contribution in [3.05, 3.63) is 33.9 Å². The lowest BCUT2D eigenvalue weighted by atomic mass is 10.1. The molecule has 1 aromatic rings. The number of benzene rings is 1. The standard InChI is InChI=1S/C13H19N3O4S.ClH/c1-10-4-3-5-12(16(17)18)13(10)21(19,20)15(2)11-6-8-14-9-7-11;/h3-5,11,14H,6-9H2,1-2H3;1H. The molecule has 0 aromatic heterocycles. The highest BCUT2D eigenvalue weighted by Crippen LogP contribution is 2.31. The van der Waals surface area contributed by atoms with E-state index in [2.05, 4.69) is 5.32 Å². The maximum Gasteiger partial charge on any atom is 0.289 e. The van der Waals surface area contributed by atoms with Gasteiger partial charge in [-0.1, -0.05) is 12.1 Å². The lowest BCUT2D eigenvalue weighted by molar-refractivity contribution is -0.387. The molecule has 1 fully saturated rings. The number of nitro groups is 1. The molecule has 0 saturated carbocycles. The van der Waals surface area contributed by atoms with E-state index in [4.69, 9.17) is 0 Å². The number of aryl methyl sites for hydroxylation is 1. The molecule has 1 aliphatic heterocycles. The molecule has 1 aliphatic rings. The van der Waals surface area contributed by atoms with Crippen molar-refractivity contribution in [2.24, 2.45) is 0 Å². The molecule has 0 atom stereocenters. The van der Waals surface area contributed by atoms with Crippen LogP contribution in [0, 0.1) is 17.0 Å². The summed E-state index contributed by atoms with van der Waals surface area (Å²) in [6.45, 7) is 3.08. The van der Waals surface area contributed by atoms with Crippen LogP contribution in [0.1, 0.15) is 18.4 Å². The molecule has 9 heteroatoms. The van der Waals surface area contributed by atoms with Crippen LogP contribution < -0.4 is 5.32 Å². The first-order valence-corrected chi connectivity index (χ1v) is 8.22. The van der Waals surface area contributed by atoms with Gasteiger partial charge >= 0.3 is 0 Å². The van der Waals surface area contributed by atoms with Gasteiger partial charge in [-0.05, 0) is 38.4 Å². The quantitative estimate of drug-likeness (QED) is 0.659. The van der Waals surface area contributed by atoms with Crippen molar-refractivity contribution >= 4 is 28.1 Å². The molecular formula is C13H20ClN3O4S. The van der Waals surface area contributed by atoms with Crippen molar-refractivity contribution in [3.8, 4) is 0 Å². The smallest absolute Gasteiger partial charge is 0.289 e. The van der Waals surface area contributed by atoms with Crippen LogP contribution in [0.15, 0.2) is 23.1 Å². The molecule has 2 rings (SSSR count). The van der Waals surface area contributed by atoms with Crippen LogP contribution >= 0.6 is 12.4 Å². The highest BCUT2D eigenvalue weighted by Gasteiger charge is 2.35. The fraction of sp³-hybridized carbons (Fsp3) is 0.538. The minimum Gasteiger partial charge on any atom is -0.317 e. The van der Waals surface area contributed by atoms with Crippen molar-refractivity contribution in [1.82, 2.24) is 9.62 Å². The van der Waals surface area contributed by atoms with E-state index in [9.17, 15) is 18.5 Å². The molecule has 1 saturated heterocycles. The van der Waals surface area contributed by atoms with E-state index in [1.54, 1.807) is 13.0 Å². The topological polar surface area (TPSA) is 92.5 Å². The van der Waals surface area contributed by atoms with E-state index >= 15 is 0 Å². The van der Waals surface area contributed by atoms with Crippen LogP contribution in [0.2, 0.25) is 0 Å². The second-order valence-electron chi connectivity index (χ2n) is 5.18. The Morgan fingerprint density at radius 3 is 2.45 bits per heavy atom. The van der Waals surface area contributed by atoms with Crippen LogP contribution in [0.3, 0.4) is 0 Å². The molecule has 1 aromatic carbocycles. The number of hydrogen-bond donors (Lipinski definition) is 1. The second-order valence-corrected chi connectivity index (χ2v) is 7.12. The maximum absolute atomic E-state index is 12.8. The summed E-state index contributed by atoms with van der Waals surface area (Å²) >= 11 is 0. The summed E-state index contributed by atoms with van der Waals surface area (Å²) in [7, 11) is -2.38. The molecule has 124 valence electrons. The van der Waals surface area contributed by atoms with Crippen LogP contribution in [0.5, 0.6) is 0 Å². The fourth-order valence-electron chi connectivity index (χ4n) is 2.63. The van der Waals surface area contributed by atoms with Gasteiger partial charge in [0.05, 0.1) is 4.92 Å². The number of piperidine rings is 1. The third-order valence-corrected chi connectivity index (χ3v) is 5.95. The Labute approximate surface area is 136 Å². The second kappa shape index (κ2) is 7.36. The molecule has 0 radical (unpaired) electrons. The zero-order valence-electron chi connectivity index (χ0n) is 12.5. The Morgan fingerprint density at radius 1 is 1.32 bits per heavy atom.